The summed E-state index contributed by atoms with van der Waals surface area (Å²) in [6.45, 7) is 12.3. The van der Waals surface area contributed by atoms with Crippen LogP contribution in [-0.2, 0) is 13.9 Å². The minimum absolute atomic E-state index is 0.0406. The molecule has 0 saturated carbocycles. The summed E-state index contributed by atoms with van der Waals surface area (Å²) in [5.41, 5.74) is 1.60. The van der Waals surface area contributed by atoms with Gasteiger partial charge in [-0.3, -0.25) is 4.79 Å². The van der Waals surface area contributed by atoms with Crippen LogP contribution in [0.3, 0.4) is 0 Å². The van der Waals surface area contributed by atoms with Gasteiger partial charge in [0.15, 0.2) is 8.32 Å². The molecule has 172 valence electrons. The van der Waals surface area contributed by atoms with Crippen LogP contribution in [0, 0.1) is 5.92 Å². The predicted octanol–water partition coefficient (Wildman–Crippen LogP) is 6.03. The summed E-state index contributed by atoms with van der Waals surface area (Å²) in [5, 5.41) is 3.20. The smallest absolute Gasteiger partial charge is 0.266 e. The van der Waals surface area contributed by atoms with E-state index < -0.39 is 14.6 Å². The minimum atomic E-state index is -1.85. The molecule has 1 aliphatic rings. The highest BCUT2D eigenvalue weighted by molar-refractivity contribution is 6.74. The Balaban J connectivity index is 1.64. The maximum Gasteiger partial charge on any atom is 0.266 e. The normalized spacial score (nSPS) is 17.2. The maximum atomic E-state index is 12.6. The zero-order valence-electron chi connectivity index (χ0n) is 19.8. The van der Waals surface area contributed by atoms with Gasteiger partial charge in [-0.05, 0) is 36.7 Å². The lowest BCUT2D eigenvalue weighted by Gasteiger charge is -2.36. The summed E-state index contributed by atoms with van der Waals surface area (Å²) < 4.78 is 18.3. The summed E-state index contributed by atoms with van der Waals surface area (Å²) in [5.74, 6) is 0.604. The quantitative estimate of drug-likeness (QED) is 0.471. The van der Waals surface area contributed by atoms with Crippen LogP contribution in [0.5, 0.6) is 0 Å². The van der Waals surface area contributed by atoms with E-state index in [4.69, 9.17) is 13.9 Å². The predicted molar refractivity (Wildman–Crippen MR) is 129 cm³/mol. The molecule has 2 aromatic rings. The molecular formula is C26H35NO4Si. The van der Waals surface area contributed by atoms with Crippen molar-refractivity contribution in [3.8, 4) is 0 Å². The molecule has 2 unspecified atom stereocenters. The van der Waals surface area contributed by atoms with E-state index in [2.05, 4.69) is 39.2 Å². The van der Waals surface area contributed by atoms with Crippen LogP contribution in [0.25, 0.3) is 0 Å². The largest absolute Gasteiger partial charge is 0.455 e. The first-order valence-electron chi connectivity index (χ1n) is 11.2. The number of carbonyl (C=O) groups is 1. The van der Waals surface area contributed by atoms with E-state index in [-0.39, 0.29) is 16.9 Å². The van der Waals surface area contributed by atoms with E-state index in [0.29, 0.717) is 18.7 Å². The van der Waals surface area contributed by atoms with Gasteiger partial charge >= 0.3 is 0 Å². The lowest BCUT2D eigenvalue weighted by molar-refractivity contribution is -0.0407. The molecule has 1 N–H and O–H groups in total. The molecule has 0 saturated heterocycles. The van der Waals surface area contributed by atoms with Crippen molar-refractivity contribution in [1.29, 1.82) is 0 Å². The third kappa shape index (κ3) is 6.23. The highest BCUT2D eigenvalue weighted by Gasteiger charge is 2.37. The van der Waals surface area contributed by atoms with Crippen LogP contribution in [-0.4, -0.2) is 27.4 Å². The van der Waals surface area contributed by atoms with Gasteiger partial charge < -0.3 is 19.2 Å². The SMILES string of the molecule is CC(C)(C)[Si](C)(C)OCCC(CNC(=O)c1ccccc1)C1=COC(c2ccccc2)O1. The van der Waals surface area contributed by atoms with Crippen molar-refractivity contribution in [1.82, 2.24) is 5.32 Å². The molecule has 32 heavy (non-hydrogen) atoms. The number of amides is 1. The molecule has 0 spiro atoms. The van der Waals surface area contributed by atoms with Gasteiger partial charge in [-0.25, -0.2) is 0 Å². The zero-order valence-corrected chi connectivity index (χ0v) is 20.8. The van der Waals surface area contributed by atoms with E-state index in [9.17, 15) is 4.79 Å². The lowest BCUT2D eigenvalue weighted by atomic mass is 10.0. The van der Waals surface area contributed by atoms with Crippen molar-refractivity contribution in [2.24, 2.45) is 5.92 Å². The van der Waals surface area contributed by atoms with Crippen LogP contribution in [0.1, 0.15) is 49.4 Å². The molecule has 1 heterocycles. The third-order valence-corrected chi connectivity index (χ3v) is 10.8. The van der Waals surface area contributed by atoms with Crippen molar-refractivity contribution in [3.05, 3.63) is 83.8 Å². The topological polar surface area (TPSA) is 56.8 Å². The highest BCUT2D eigenvalue weighted by atomic mass is 28.4. The van der Waals surface area contributed by atoms with Gasteiger partial charge in [-0.1, -0.05) is 69.3 Å². The van der Waals surface area contributed by atoms with Gasteiger partial charge in [0.2, 0.25) is 0 Å². The fraction of sp³-hybridized carbons (Fsp3) is 0.423. The van der Waals surface area contributed by atoms with Gasteiger partial charge in [0.1, 0.15) is 12.0 Å². The van der Waals surface area contributed by atoms with E-state index in [1.807, 2.05) is 60.7 Å². The van der Waals surface area contributed by atoms with Crippen molar-refractivity contribution in [2.75, 3.05) is 13.2 Å². The Labute approximate surface area is 192 Å². The van der Waals surface area contributed by atoms with Gasteiger partial charge in [0.25, 0.3) is 12.2 Å². The molecular weight excluding hydrogens is 418 g/mol. The molecule has 2 atom stereocenters. The summed E-state index contributed by atoms with van der Waals surface area (Å²) in [6.07, 6.45) is 1.96. The molecule has 0 aromatic heterocycles. The number of ether oxygens (including phenoxy) is 2. The average molecular weight is 454 g/mol. The lowest BCUT2D eigenvalue weighted by Crippen LogP contribution is -2.41. The van der Waals surface area contributed by atoms with Gasteiger partial charge in [0, 0.05) is 30.2 Å². The average Bonchev–Trinajstić information content (AvgIpc) is 3.26. The summed E-state index contributed by atoms with van der Waals surface area (Å²) >= 11 is 0. The van der Waals surface area contributed by atoms with Crippen molar-refractivity contribution >= 4 is 14.2 Å². The molecule has 6 heteroatoms. The minimum Gasteiger partial charge on any atom is -0.455 e. The van der Waals surface area contributed by atoms with Crippen molar-refractivity contribution in [3.63, 3.8) is 0 Å². The van der Waals surface area contributed by atoms with Crippen LogP contribution >= 0.6 is 0 Å². The third-order valence-electron chi connectivity index (χ3n) is 6.31. The second kappa shape index (κ2) is 10.4. The fourth-order valence-corrected chi connectivity index (χ4v) is 4.24. The van der Waals surface area contributed by atoms with Crippen molar-refractivity contribution in [2.45, 2.75) is 51.6 Å². The molecule has 0 fully saturated rings. The Morgan fingerprint density at radius 2 is 1.69 bits per heavy atom. The standard InChI is InChI=1S/C26H35NO4Si/c1-26(2,3)32(4,5)30-17-16-22(18-27-24(28)20-12-8-6-9-13-20)23-19-29-25(31-23)21-14-10-7-11-15-21/h6-15,19,22,25H,16-18H2,1-5H3,(H,27,28). The van der Waals surface area contributed by atoms with Crippen LogP contribution in [0.2, 0.25) is 18.1 Å². The first-order valence-corrected chi connectivity index (χ1v) is 14.1. The van der Waals surface area contributed by atoms with Crippen LogP contribution in [0.4, 0.5) is 0 Å². The number of hydrogen-bond acceptors (Lipinski definition) is 4. The number of benzene rings is 2. The molecule has 0 aliphatic carbocycles. The second-order valence-corrected chi connectivity index (χ2v) is 14.5. The van der Waals surface area contributed by atoms with Gasteiger partial charge in [-0.2, -0.15) is 0 Å². The first kappa shape index (κ1) is 24.1. The number of nitrogens with one attached hydrogen (secondary N) is 1. The van der Waals surface area contributed by atoms with Gasteiger partial charge in [-0.15, -0.1) is 0 Å². The molecule has 1 amide bonds. The molecule has 1 aliphatic heterocycles. The molecule has 3 rings (SSSR count). The monoisotopic (exact) mass is 453 g/mol. The van der Waals surface area contributed by atoms with Crippen LogP contribution < -0.4 is 5.32 Å². The highest BCUT2D eigenvalue weighted by Crippen LogP contribution is 2.37. The molecule has 5 nitrogen and oxygen atoms in total. The Kier molecular flexibility index (Phi) is 7.80. The Bertz CT molecular complexity index is 906. The van der Waals surface area contributed by atoms with Crippen molar-refractivity contribution < 1.29 is 18.7 Å². The Morgan fingerprint density at radius 1 is 1.06 bits per heavy atom. The maximum absolute atomic E-state index is 12.6. The number of rotatable bonds is 9. The molecule has 0 radical (unpaired) electrons. The van der Waals surface area contributed by atoms with Crippen LogP contribution in [0.15, 0.2) is 72.7 Å². The van der Waals surface area contributed by atoms with E-state index in [0.717, 1.165) is 17.7 Å². The second-order valence-electron chi connectivity index (χ2n) is 9.69. The van der Waals surface area contributed by atoms with E-state index >= 15 is 0 Å². The van der Waals surface area contributed by atoms with E-state index in [1.165, 1.54) is 0 Å². The zero-order chi connectivity index (χ0) is 23.2. The molecule has 0 bridgehead atoms. The fourth-order valence-electron chi connectivity index (χ4n) is 3.18. The van der Waals surface area contributed by atoms with E-state index in [1.54, 1.807) is 6.26 Å². The number of hydrogen-bond donors (Lipinski definition) is 1. The Hall–Kier alpha value is -2.57. The Morgan fingerprint density at radius 3 is 2.31 bits per heavy atom. The summed E-state index contributed by atoms with van der Waals surface area (Å²) in [6, 6.07) is 19.1. The first-order chi connectivity index (χ1) is 15.2. The summed E-state index contributed by atoms with van der Waals surface area (Å²) in [7, 11) is -1.85. The summed E-state index contributed by atoms with van der Waals surface area (Å²) in [4.78, 5) is 12.6. The number of carbonyl (C=O) groups excluding carboxylic acids is 1. The van der Waals surface area contributed by atoms with Gasteiger partial charge in [0.05, 0.1) is 0 Å². The molecule has 2 aromatic carbocycles.